The van der Waals surface area contributed by atoms with Crippen molar-refractivity contribution in [1.29, 1.82) is 5.26 Å². The summed E-state index contributed by atoms with van der Waals surface area (Å²) in [4.78, 5) is 12.6. The van der Waals surface area contributed by atoms with E-state index in [9.17, 15) is 10.1 Å². The van der Waals surface area contributed by atoms with Crippen LogP contribution in [0.15, 0.2) is 76.8 Å². The Morgan fingerprint density at radius 3 is 2.45 bits per heavy atom. The van der Waals surface area contributed by atoms with Crippen LogP contribution in [-0.2, 0) is 11.4 Å². The number of halogens is 1. The van der Waals surface area contributed by atoms with Gasteiger partial charge in [0.25, 0.3) is 5.91 Å². The lowest BCUT2D eigenvalue weighted by molar-refractivity contribution is -0.112. The van der Waals surface area contributed by atoms with Gasteiger partial charge in [0.15, 0.2) is 0 Å². The van der Waals surface area contributed by atoms with Gasteiger partial charge < -0.3 is 14.8 Å². The number of anilines is 1. The van der Waals surface area contributed by atoms with Crippen LogP contribution in [0.2, 0.25) is 0 Å². The molecule has 3 rings (SSSR count). The van der Waals surface area contributed by atoms with Gasteiger partial charge in [0.1, 0.15) is 29.7 Å². The summed E-state index contributed by atoms with van der Waals surface area (Å²) in [5.41, 5.74) is 3.37. The summed E-state index contributed by atoms with van der Waals surface area (Å²) in [7, 11) is 1.57. The Balaban J connectivity index is 1.80. The molecule has 0 saturated carbocycles. The molecule has 3 aromatic carbocycles. The number of rotatable bonds is 7. The molecule has 5 nitrogen and oxygen atoms in total. The second-order valence-corrected chi connectivity index (χ2v) is 7.72. The van der Waals surface area contributed by atoms with Crippen LogP contribution in [0.4, 0.5) is 5.69 Å². The minimum atomic E-state index is -0.503. The van der Waals surface area contributed by atoms with Gasteiger partial charge in [0.05, 0.1) is 7.11 Å². The zero-order valence-corrected chi connectivity index (χ0v) is 18.8. The number of aryl methyl sites for hydroxylation is 1. The number of hydrogen-bond acceptors (Lipinski definition) is 4. The molecule has 0 aromatic heterocycles. The minimum Gasteiger partial charge on any atom is -0.497 e. The normalized spacial score (nSPS) is 10.8. The second kappa shape index (κ2) is 10.5. The molecule has 0 fully saturated rings. The summed E-state index contributed by atoms with van der Waals surface area (Å²) in [6.07, 6.45) is 1.52. The number of ether oxygens (including phenoxy) is 2. The molecule has 1 N–H and O–H groups in total. The number of carbonyl (C=O) groups is 1. The van der Waals surface area contributed by atoms with Crippen LogP contribution < -0.4 is 14.8 Å². The first kappa shape index (κ1) is 22.1. The highest BCUT2D eigenvalue weighted by molar-refractivity contribution is 9.10. The quantitative estimate of drug-likeness (QED) is 0.340. The Kier molecular flexibility index (Phi) is 7.47. The van der Waals surface area contributed by atoms with Crippen LogP contribution in [0.5, 0.6) is 11.5 Å². The predicted octanol–water partition coefficient (Wildman–Crippen LogP) is 5.89. The fourth-order valence-electron chi connectivity index (χ4n) is 2.79. The Labute approximate surface area is 190 Å². The fraction of sp³-hybridized carbons (Fsp3) is 0.120. The lowest BCUT2D eigenvalue weighted by Crippen LogP contribution is -2.13. The molecule has 156 valence electrons. The number of carbonyl (C=O) groups excluding carboxylic acids is 1. The first-order valence-corrected chi connectivity index (χ1v) is 10.3. The van der Waals surface area contributed by atoms with Crippen molar-refractivity contribution in [2.75, 3.05) is 12.4 Å². The molecule has 0 bridgehead atoms. The van der Waals surface area contributed by atoms with E-state index in [0.29, 0.717) is 29.4 Å². The van der Waals surface area contributed by atoms with E-state index in [2.05, 4.69) is 21.2 Å². The van der Waals surface area contributed by atoms with Gasteiger partial charge in [-0.25, -0.2) is 0 Å². The molecule has 1 amide bonds. The summed E-state index contributed by atoms with van der Waals surface area (Å²) < 4.78 is 11.9. The Morgan fingerprint density at radius 2 is 1.81 bits per heavy atom. The third-order valence-corrected chi connectivity index (χ3v) is 4.99. The molecule has 0 aliphatic heterocycles. The molecule has 3 aromatic rings. The number of hydrogen-bond donors (Lipinski definition) is 1. The van der Waals surface area contributed by atoms with E-state index in [1.807, 2.05) is 49.4 Å². The summed E-state index contributed by atoms with van der Waals surface area (Å²) in [5.74, 6) is 0.754. The summed E-state index contributed by atoms with van der Waals surface area (Å²) in [6.45, 7) is 2.41. The number of nitrogens with one attached hydrogen (secondary N) is 1. The lowest BCUT2D eigenvalue weighted by atomic mass is 10.1. The van der Waals surface area contributed by atoms with Crippen molar-refractivity contribution in [2.45, 2.75) is 13.5 Å². The molecule has 6 heteroatoms. The number of nitrogens with zero attached hydrogens (tertiary/aromatic N) is 1. The third-order valence-electron chi connectivity index (χ3n) is 4.50. The topological polar surface area (TPSA) is 71.3 Å². The van der Waals surface area contributed by atoms with Crippen LogP contribution >= 0.6 is 15.9 Å². The Bertz CT molecular complexity index is 1130. The van der Waals surface area contributed by atoms with Gasteiger partial charge in [-0.3, -0.25) is 4.79 Å². The highest BCUT2D eigenvalue weighted by Gasteiger charge is 2.12. The van der Waals surface area contributed by atoms with Crippen molar-refractivity contribution in [3.63, 3.8) is 0 Å². The van der Waals surface area contributed by atoms with E-state index in [0.717, 1.165) is 10.0 Å². The average molecular weight is 477 g/mol. The molecule has 31 heavy (non-hydrogen) atoms. The second-order valence-electron chi connectivity index (χ2n) is 6.81. The third kappa shape index (κ3) is 6.21. The van der Waals surface area contributed by atoms with Gasteiger partial charge in [-0.05, 0) is 61.0 Å². The maximum absolute atomic E-state index is 12.6. The lowest BCUT2D eigenvalue weighted by Gasteiger charge is -2.11. The van der Waals surface area contributed by atoms with Gasteiger partial charge in [0.2, 0.25) is 0 Å². The number of methoxy groups -OCH3 is 1. The SMILES string of the molecule is COc1ccc(NC(=O)/C(C#N)=C/c2cc(Br)ccc2OCc2ccc(C)cc2)cc1. The van der Waals surface area contributed by atoms with E-state index >= 15 is 0 Å². The summed E-state index contributed by atoms with van der Waals surface area (Å²) in [6, 6.07) is 22.4. The van der Waals surface area contributed by atoms with Crippen molar-refractivity contribution in [2.24, 2.45) is 0 Å². The molecule has 0 unspecified atom stereocenters. The highest BCUT2D eigenvalue weighted by Crippen LogP contribution is 2.27. The van der Waals surface area contributed by atoms with Gasteiger partial charge in [-0.2, -0.15) is 5.26 Å². The van der Waals surface area contributed by atoms with E-state index < -0.39 is 5.91 Å². The minimum absolute atomic E-state index is 0.0332. The molecule has 0 spiro atoms. The van der Waals surface area contributed by atoms with E-state index in [-0.39, 0.29) is 5.57 Å². The smallest absolute Gasteiger partial charge is 0.266 e. The van der Waals surface area contributed by atoms with E-state index in [1.54, 1.807) is 37.4 Å². The average Bonchev–Trinajstić information content (AvgIpc) is 2.78. The molecular weight excluding hydrogens is 456 g/mol. The fourth-order valence-corrected chi connectivity index (χ4v) is 3.16. The summed E-state index contributed by atoms with van der Waals surface area (Å²) in [5, 5.41) is 12.3. The van der Waals surface area contributed by atoms with Gasteiger partial charge in [0, 0.05) is 15.7 Å². The number of amides is 1. The molecule has 0 saturated heterocycles. The van der Waals surface area contributed by atoms with Crippen LogP contribution in [0, 0.1) is 18.3 Å². The zero-order valence-electron chi connectivity index (χ0n) is 17.2. The highest BCUT2D eigenvalue weighted by atomic mass is 79.9. The number of nitriles is 1. The maximum atomic E-state index is 12.6. The zero-order chi connectivity index (χ0) is 22.2. The molecular formula is C25H21BrN2O3. The first-order valence-electron chi connectivity index (χ1n) is 9.53. The Hall–Kier alpha value is -3.56. The van der Waals surface area contributed by atoms with Crippen LogP contribution in [-0.4, -0.2) is 13.0 Å². The summed E-state index contributed by atoms with van der Waals surface area (Å²) >= 11 is 3.44. The van der Waals surface area contributed by atoms with Gasteiger partial charge >= 0.3 is 0 Å². The van der Waals surface area contributed by atoms with Gasteiger partial charge in [-0.1, -0.05) is 45.8 Å². The van der Waals surface area contributed by atoms with Crippen molar-refractivity contribution in [3.8, 4) is 17.6 Å². The largest absolute Gasteiger partial charge is 0.497 e. The van der Waals surface area contributed by atoms with Crippen molar-refractivity contribution < 1.29 is 14.3 Å². The molecule has 0 heterocycles. The molecule has 0 aliphatic rings. The van der Waals surface area contributed by atoms with E-state index in [1.165, 1.54) is 11.6 Å². The molecule has 0 aliphatic carbocycles. The van der Waals surface area contributed by atoms with Crippen molar-refractivity contribution in [1.82, 2.24) is 0 Å². The monoisotopic (exact) mass is 476 g/mol. The van der Waals surface area contributed by atoms with Crippen LogP contribution in [0.3, 0.4) is 0 Å². The maximum Gasteiger partial charge on any atom is 0.266 e. The number of benzene rings is 3. The standard InChI is InChI=1S/C25H21BrN2O3/c1-17-3-5-18(6-4-17)16-31-24-12-7-21(26)14-19(24)13-20(15-27)25(29)28-22-8-10-23(30-2)11-9-22/h3-14H,16H2,1-2H3,(H,28,29)/b20-13+. The molecule has 0 radical (unpaired) electrons. The van der Waals surface area contributed by atoms with Crippen LogP contribution in [0.1, 0.15) is 16.7 Å². The van der Waals surface area contributed by atoms with E-state index in [4.69, 9.17) is 9.47 Å². The molecule has 0 atom stereocenters. The van der Waals surface area contributed by atoms with Gasteiger partial charge in [-0.15, -0.1) is 0 Å². The predicted molar refractivity (Wildman–Crippen MR) is 125 cm³/mol. The van der Waals surface area contributed by atoms with Crippen molar-refractivity contribution in [3.05, 3.63) is 93.5 Å². The van der Waals surface area contributed by atoms with Crippen molar-refractivity contribution >= 4 is 33.6 Å². The Morgan fingerprint density at radius 1 is 1.10 bits per heavy atom. The van der Waals surface area contributed by atoms with Crippen LogP contribution in [0.25, 0.3) is 6.08 Å². The first-order chi connectivity index (χ1) is 15.0.